The van der Waals surface area contributed by atoms with Crippen molar-refractivity contribution in [1.29, 1.82) is 0 Å². The molecule has 0 saturated carbocycles. The number of rotatable bonds is 4. The fourth-order valence-electron chi connectivity index (χ4n) is 1.56. The Bertz CT molecular complexity index is 621. The molecule has 0 unspecified atom stereocenters. The van der Waals surface area contributed by atoms with E-state index in [4.69, 9.17) is 0 Å². The van der Waals surface area contributed by atoms with Gasteiger partial charge in [-0.15, -0.1) is 0 Å². The van der Waals surface area contributed by atoms with E-state index in [0.717, 1.165) is 13.2 Å². The molecule has 5 nitrogen and oxygen atoms in total. The van der Waals surface area contributed by atoms with E-state index in [-0.39, 0.29) is 17.8 Å². The van der Waals surface area contributed by atoms with Gasteiger partial charge in [-0.3, -0.25) is 0 Å². The Morgan fingerprint density at radius 1 is 1.35 bits per heavy atom. The third kappa shape index (κ3) is 3.05. The molecule has 0 spiro atoms. The number of ether oxygens (including phenoxy) is 1. The number of nitrogens with one attached hydrogen (secondary N) is 1. The van der Waals surface area contributed by atoms with Crippen LogP contribution in [0, 0.1) is 11.6 Å². The van der Waals surface area contributed by atoms with Gasteiger partial charge in [0.1, 0.15) is 18.0 Å². The third-order valence-electron chi connectivity index (χ3n) is 2.57. The van der Waals surface area contributed by atoms with Crippen LogP contribution in [-0.2, 0) is 11.3 Å². The number of carbonyl (C=O) groups excluding carboxylic acids is 1. The predicted molar refractivity (Wildman–Crippen MR) is 67.1 cm³/mol. The summed E-state index contributed by atoms with van der Waals surface area (Å²) in [5.41, 5.74) is 0.285. The van der Waals surface area contributed by atoms with E-state index >= 15 is 0 Å². The first-order valence-corrected chi connectivity index (χ1v) is 5.68. The second-order valence-electron chi connectivity index (χ2n) is 3.86. The van der Waals surface area contributed by atoms with Crippen molar-refractivity contribution >= 4 is 11.7 Å². The van der Waals surface area contributed by atoms with Crippen LogP contribution in [0.1, 0.15) is 16.1 Å². The number of halogens is 2. The summed E-state index contributed by atoms with van der Waals surface area (Å²) in [4.78, 5) is 19.0. The molecule has 0 aliphatic rings. The fraction of sp³-hybridized carbons (Fsp3) is 0.154. The zero-order valence-corrected chi connectivity index (χ0v) is 10.6. The maximum Gasteiger partial charge on any atom is 0.340 e. The number of esters is 1. The van der Waals surface area contributed by atoms with Crippen molar-refractivity contribution in [1.82, 2.24) is 9.97 Å². The summed E-state index contributed by atoms with van der Waals surface area (Å²) in [6, 6.07) is 3.35. The van der Waals surface area contributed by atoms with E-state index in [9.17, 15) is 13.6 Å². The van der Waals surface area contributed by atoms with Crippen LogP contribution >= 0.6 is 0 Å². The van der Waals surface area contributed by atoms with Gasteiger partial charge in [-0.05, 0) is 12.1 Å². The van der Waals surface area contributed by atoms with Crippen LogP contribution in [-0.4, -0.2) is 23.0 Å². The maximum absolute atomic E-state index is 13.6. The predicted octanol–water partition coefficient (Wildman–Crippen LogP) is 2.15. The van der Waals surface area contributed by atoms with E-state index in [1.54, 1.807) is 12.3 Å². The lowest BCUT2D eigenvalue weighted by atomic mass is 10.1. The summed E-state index contributed by atoms with van der Waals surface area (Å²) in [6.45, 7) is 0.214. The molecule has 1 aromatic carbocycles. The number of methoxy groups -OCH3 is 1. The molecular formula is C13H11F2N3O2. The van der Waals surface area contributed by atoms with Crippen molar-refractivity contribution in [2.75, 3.05) is 12.4 Å². The quantitative estimate of drug-likeness (QED) is 0.869. The van der Waals surface area contributed by atoms with Gasteiger partial charge in [0.05, 0.1) is 30.6 Å². The monoisotopic (exact) mass is 279 g/mol. The SMILES string of the molecule is COC(=O)c1cc(NCc2ccncn2)c(F)cc1F. The summed E-state index contributed by atoms with van der Waals surface area (Å²) in [5.74, 6) is -2.64. The molecule has 0 saturated heterocycles. The first-order valence-electron chi connectivity index (χ1n) is 5.68. The molecule has 0 aliphatic heterocycles. The van der Waals surface area contributed by atoms with E-state index in [1.165, 1.54) is 6.33 Å². The number of anilines is 1. The standard InChI is InChI=1S/C13H11F2N3O2/c1-20-13(19)9-4-12(11(15)5-10(9)14)17-6-8-2-3-16-7-18-8/h2-5,7,17H,6H2,1H3. The molecule has 0 aliphatic carbocycles. The fourth-order valence-corrected chi connectivity index (χ4v) is 1.56. The number of hydrogen-bond donors (Lipinski definition) is 1. The summed E-state index contributed by atoms with van der Waals surface area (Å²) in [6.07, 6.45) is 2.91. The Hall–Kier alpha value is -2.57. The highest BCUT2D eigenvalue weighted by Gasteiger charge is 2.16. The molecule has 20 heavy (non-hydrogen) atoms. The number of aromatic nitrogens is 2. The van der Waals surface area contributed by atoms with Gasteiger partial charge in [-0.25, -0.2) is 23.5 Å². The highest BCUT2D eigenvalue weighted by molar-refractivity contribution is 5.90. The van der Waals surface area contributed by atoms with Crippen molar-refractivity contribution in [2.45, 2.75) is 6.54 Å². The normalized spacial score (nSPS) is 10.2. The topological polar surface area (TPSA) is 64.1 Å². The molecule has 0 bridgehead atoms. The molecule has 104 valence electrons. The minimum absolute atomic E-state index is 0.00888. The molecular weight excluding hydrogens is 268 g/mol. The van der Waals surface area contributed by atoms with Crippen molar-refractivity contribution < 1.29 is 18.3 Å². The van der Waals surface area contributed by atoms with E-state index in [1.807, 2.05) is 0 Å². The lowest BCUT2D eigenvalue weighted by Crippen LogP contribution is -2.09. The smallest absolute Gasteiger partial charge is 0.340 e. The Morgan fingerprint density at radius 2 is 2.15 bits per heavy atom. The second-order valence-corrected chi connectivity index (χ2v) is 3.86. The molecule has 1 heterocycles. The minimum atomic E-state index is -0.970. The van der Waals surface area contributed by atoms with Crippen LogP contribution in [0.4, 0.5) is 14.5 Å². The van der Waals surface area contributed by atoms with Gasteiger partial charge in [0.15, 0.2) is 0 Å². The first-order chi connectivity index (χ1) is 9.61. The molecule has 0 radical (unpaired) electrons. The van der Waals surface area contributed by atoms with Crippen LogP contribution in [0.15, 0.2) is 30.7 Å². The van der Waals surface area contributed by atoms with Gasteiger partial charge in [-0.2, -0.15) is 0 Å². The molecule has 7 heteroatoms. The maximum atomic E-state index is 13.6. The highest BCUT2D eigenvalue weighted by Crippen LogP contribution is 2.20. The van der Waals surface area contributed by atoms with Gasteiger partial charge in [0.2, 0.25) is 0 Å². The number of nitrogens with zero attached hydrogens (tertiary/aromatic N) is 2. The van der Waals surface area contributed by atoms with Crippen LogP contribution in [0.3, 0.4) is 0 Å². The van der Waals surface area contributed by atoms with Gasteiger partial charge < -0.3 is 10.1 Å². The average Bonchev–Trinajstić information content (AvgIpc) is 2.46. The molecule has 2 aromatic rings. The van der Waals surface area contributed by atoms with E-state index < -0.39 is 17.6 Å². The van der Waals surface area contributed by atoms with Crippen molar-refractivity contribution in [3.05, 3.63) is 53.6 Å². The zero-order chi connectivity index (χ0) is 14.5. The van der Waals surface area contributed by atoms with E-state index in [2.05, 4.69) is 20.0 Å². The number of benzene rings is 1. The van der Waals surface area contributed by atoms with Crippen molar-refractivity contribution in [3.63, 3.8) is 0 Å². The summed E-state index contributed by atoms with van der Waals surface area (Å²) < 4.78 is 31.5. The zero-order valence-electron chi connectivity index (χ0n) is 10.6. The molecule has 0 atom stereocenters. The Kier molecular flexibility index (Phi) is 4.19. The van der Waals surface area contributed by atoms with Crippen molar-refractivity contribution in [2.24, 2.45) is 0 Å². The molecule has 1 aromatic heterocycles. The van der Waals surface area contributed by atoms with Gasteiger partial charge in [0, 0.05) is 12.3 Å². The largest absolute Gasteiger partial charge is 0.465 e. The van der Waals surface area contributed by atoms with Crippen LogP contribution in [0.2, 0.25) is 0 Å². The van der Waals surface area contributed by atoms with E-state index in [0.29, 0.717) is 11.8 Å². The van der Waals surface area contributed by atoms with Crippen LogP contribution in [0.25, 0.3) is 0 Å². The third-order valence-corrected chi connectivity index (χ3v) is 2.57. The summed E-state index contributed by atoms with van der Waals surface area (Å²) >= 11 is 0. The first kappa shape index (κ1) is 13.9. The van der Waals surface area contributed by atoms with Crippen LogP contribution in [0.5, 0.6) is 0 Å². The lowest BCUT2D eigenvalue weighted by Gasteiger charge is -2.09. The second kappa shape index (κ2) is 6.05. The van der Waals surface area contributed by atoms with Crippen LogP contribution < -0.4 is 5.32 Å². The molecule has 1 N–H and O–H groups in total. The Morgan fingerprint density at radius 3 is 2.80 bits per heavy atom. The number of hydrogen-bond acceptors (Lipinski definition) is 5. The van der Waals surface area contributed by atoms with Gasteiger partial charge in [-0.1, -0.05) is 0 Å². The van der Waals surface area contributed by atoms with Gasteiger partial charge in [0.25, 0.3) is 0 Å². The Labute approximate surface area is 113 Å². The van der Waals surface area contributed by atoms with Gasteiger partial charge >= 0.3 is 5.97 Å². The lowest BCUT2D eigenvalue weighted by molar-refractivity contribution is 0.0595. The summed E-state index contributed by atoms with van der Waals surface area (Å²) in [7, 11) is 1.12. The Balaban J connectivity index is 2.21. The molecule has 0 amide bonds. The average molecular weight is 279 g/mol. The highest BCUT2D eigenvalue weighted by atomic mass is 19.1. The summed E-state index contributed by atoms with van der Waals surface area (Å²) in [5, 5.41) is 2.74. The molecule has 0 fully saturated rings. The van der Waals surface area contributed by atoms with Crippen molar-refractivity contribution in [3.8, 4) is 0 Å². The number of carbonyl (C=O) groups is 1. The minimum Gasteiger partial charge on any atom is -0.465 e. The molecule has 2 rings (SSSR count).